The van der Waals surface area contributed by atoms with Crippen LogP contribution in [0.4, 0.5) is 11.5 Å². The van der Waals surface area contributed by atoms with E-state index in [9.17, 15) is 4.79 Å². The second-order valence-corrected chi connectivity index (χ2v) is 7.72. The summed E-state index contributed by atoms with van der Waals surface area (Å²) in [5.41, 5.74) is 14.9. The van der Waals surface area contributed by atoms with E-state index >= 15 is 0 Å². The highest BCUT2D eigenvalue weighted by Gasteiger charge is 2.41. The first kappa shape index (κ1) is 19.4. The second kappa shape index (κ2) is 7.81. The molecule has 0 bridgehead atoms. The zero-order valence-corrected chi connectivity index (χ0v) is 16.6. The van der Waals surface area contributed by atoms with Crippen LogP contribution in [0.3, 0.4) is 0 Å². The molecule has 1 amide bonds. The van der Waals surface area contributed by atoms with Gasteiger partial charge in [-0.25, -0.2) is 9.97 Å². The van der Waals surface area contributed by atoms with Crippen molar-refractivity contribution in [3.05, 3.63) is 47.9 Å². The van der Waals surface area contributed by atoms with E-state index in [2.05, 4.69) is 25.2 Å². The molecular weight excluding hydrogens is 366 g/mol. The SMILES string of the molecule is Cc1c[nH]c2ncnc(N3CCC(CN)(C(=O)Nc4ccc(CN)cc4)CC3)c12. The Kier molecular flexibility index (Phi) is 5.21. The molecule has 1 aliphatic rings. The Morgan fingerprint density at radius 2 is 1.93 bits per heavy atom. The third-order valence-corrected chi connectivity index (χ3v) is 5.99. The molecule has 1 fully saturated rings. The van der Waals surface area contributed by atoms with Gasteiger partial charge >= 0.3 is 0 Å². The molecular formula is C21H27N7O. The Labute approximate surface area is 169 Å². The van der Waals surface area contributed by atoms with Gasteiger partial charge in [0.1, 0.15) is 17.8 Å². The molecule has 0 atom stereocenters. The molecule has 3 heterocycles. The van der Waals surface area contributed by atoms with Gasteiger partial charge in [-0.3, -0.25) is 4.79 Å². The minimum atomic E-state index is -0.581. The highest BCUT2D eigenvalue weighted by atomic mass is 16.2. The number of fused-ring (bicyclic) bond motifs is 1. The highest BCUT2D eigenvalue weighted by Crippen LogP contribution is 2.35. The predicted molar refractivity (Wildman–Crippen MR) is 115 cm³/mol. The maximum atomic E-state index is 13.1. The maximum absolute atomic E-state index is 13.1. The third-order valence-electron chi connectivity index (χ3n) is 5.99. The number of hydrogen-bond acceptors (Lipinski definition) is 6. The van der Waals surface area contributed by atoms with Gasteiger partial charge in [0, 0.05) is 38.1 Å². The van der Waals surface area contributed by atoms with Crippen molar-refractivity contribution in [2.24, 2.45) is 16.9 Å². The summed E-state index contributed by atoms with van der Waals surface area (Å²) < 4.78 is 0. The number of carbonyl (C=O) groups excluding carboxylic acids is 1. The molecule has 8 nitrogen and oxygen atoms in total. The normalized spacial score (nSPS) is 16.2. The molecule has 152 valence electrons. The fraction of sp³-hybridized carbons (Fsp3) is 0.381. The van der Waals surface area contributed by atoms with Gasteiger partial charge in [0.15, 0.2) is 0 Å². The summed E-state index contributed by atoms with van der Waals surface area (Å²) in [5, 5.41) is 4.07. The van der Waals surface area contributed by atoms with Crippen LogP contribution in [0.5, 0.6) is 0 Å². The van der Waals surface area contributed by atoms with E-state index in [0.29, 0.717) is 39.0 Å². The number of hydrogen-bond donors (Lipinski definition) is 4. The molecule has 4 rings (SSSR count). The van der Waals surface area contributed by atoms with Gasteiger partial charge in [0.25, 0.3) is 0 Å². The standard InChI is InChI=1S/C21H27N7O/c1-14-11-24-18-17(14)19(26-13-25-18)28-8-6-21(12-23,7-9-28)20(29)27-16-4-2-15(10-22)3-5-16/h2-5,11,13H,6-10,12,22-23H2,1H3,(H,27,29)(H,24,25,26). The van der Waals surface area contributed by atoms with Crippen LogP contribution in [0.1, 0.15) is 24.0 Å². The molecule has 0 spiro atoms. The van der Waals surface area contributed by atoms with E-state index < -0.39 is 5.41 Å². The van der Waals surface area contributed by atoms with Crippen molar-refractivity contribution in [2.75, 3.05) is 29.9 Å². The van der Waals surface area contributed by atoms with Crippen molar-refractivity contribution in [1.82, 2.24) is 15.0 Å². The van der Waals surface area contributed by atoms with Crippen molar-refractivity contribution in [3.8, 4) is 0 Å². The zero-order chi connectivity index (χ0) is 20.4. The van der Waals surface area contributed by atoms with E-state index in [1.165, 1.54) is 0 Å². The molecule has 0 radical (unpaired) electrons. The van der Waals surface area contributed by atoms with E-state index in [1.54, 1.807) is 6.33 Å². The number of nitrogens with one attached hydrogen (secondary N) is 2. The monoisotopic (exact) mass is 393 g/mol. The molecule has 3 aromatic rings. The number of H-pyrrole nitrogens is 1. The maximum Gasteiger partial charge on any atom is 0.232 e. The van der Waals surface area contributed by atoms with Crippen LogP contribution < -0.4 is 21.7 Å². The number of piperidine rings is 1. The third kappa shape index (κ3) is 3.56. The van der Waals surface area contributed by atoms with Crippen molar-refractivity contribution in [3.63, 3.8) is 0 Å². The van der Waals surface area contributed by atoms with E-state index in [1.807, 2.05) is 37.4 Å². The Bertz CT molecular complexity index is 1000. The number of carbonyl (C=O) groups is 1. The number of anilines is 2. The number of aromatic amines is 1. The molecule has 1 saturated heterocycles. The lowest BCUT2D eigenvalue weighted by Gasteiger charge is -2.40. The lowest BCUT2D eigenvalue weighted by molar-refractivity contribution is -0.126. The molecule has 0 unspecified atom stereocenters. The number of rotatable bonds is 5. The second-order valence-electron chi connectivity index (χ2n) is 7.72. The Hall–Kier alpha value is -2.97. The van der Waals surface area contributed by atoms with Gasteiger partial charge in [-0.2, -0.15) is 0 Å². The minimum Gasteiger partial charge on any atom is -0.356 e. The summed E-state index contributed by atoms with van der Waals surface area (Å²) in [6, 6.07) is 7.61. The zero-order valence-electron chi connectivity index (χ0n) is 16.6. The van der Waals surface area contributed by atoms with Crippen LogP contribution in [0.2, 0.25) is 0 Å². The van der Waals surface area contributed by atoms with Crippen molar-refractivity contribution >= 4 is 28.4 Å². The number of nitrogens with two attached hydrogens (primary N) is 2. The summed E-state index contributed by atoms with van der Waals surface area (Å²) in [6.45, 7) is 4.27. The van der Waals surface area contributed by atoms with E-state index in [-0.39, 0.29) is 5.91 Å². The van der Waals surface area contributed by atoms with Gasteiger partial charge in [-0.05, 0) is 43.0 Å². The van der Waals surface area contributed by atoms with Gasteiger partial charge < -0.3 is 26.7 Å². The summed E-state index contributed by atoms with van der Waals surface area (Å²) in [6.07, 6.45) is 4.87. The van der Waals surface area contributed by atoms with Crippen molar-refractivity contribution < 1.29 is 4.79 Å². The summed E-state index contributed by atoms with van der Waals surface area (Å²) >= 11 is 0. The van der Waals surface area contributed by atoms with Crippen LogP contribution >= 0.6 is 0 Å². The van der Waals surface area contributed by atoms with Crippen LogP contribution in [0, 0.1) is 12.3 Å². The number of benzene rings is 1. The topological polar surface area (TPSA) is 126 Å². The molecule has 0 saturated carbocycles. The summed E-state index contributed by atoms with van der Waals surface area (Å²) in [4.78, 5) is 27.3. The van der Waals surface area contributed by atoms with Crippen LogP contribution in [-0.2, 0) is 11.3 Å². The molecule has 1 aromatic carbocycles. The Balaban J connectivity index is 1.49. The smallest absolute Gasteiger partial charge is 0.232 e. The van der Waals surface area contributed by atoms with Crippen LogP contribution in [0.15, 0.2) is 36.8 Å². The average Bonchev–Trinajstić information content (AvgIpc) is 3.15. The van der Waals surface area contributed by atoms with Crippen molar-refractivity contribution in [1.29, 1.82) is 0 Å². The van der Waals surface area contributed by atoms with Crippen LogP contribution in [-0.4, -0.2) is 40.5 Å². The van der Waals surface area contributed by atoms with Gasteiger partial charge in [0.2, 0.25) is 5.91 Å². The summed E-state index contributed by atoms with van der Waals surface area (Å²) in [7, 11) is 0. The molecule has 1 aliphatic heterocycles. The fourth-order valence-corrected chi connectivity index (χ4v) is 4.00. The Morgan fingerprint density at radius 1 is 1.21 bits per heavy atom. The molecule has 0 aliphatic carbocycles. The first-order valence-corrected chi connectivity index (χ1v) is 9.90. The average molecular weight is 393 g/mol. The minimum absolute atomic E-state index is 0.0224. The first-order valence-electron chi connectivity index (χ1n) is 9.90. The lowest BCUT2D eigenvalue weighted by Crippen LogP contribution is -2.50. The number of amides is 1. The van der Waals surface area contributed by atoms with Gasteiger partial charge in [0.05, 0.1) is 10.8 Å². The predicted octanol–water partition coefficient (Wildman–Crippen LogP) is 1.91. The van der Waals surface area contributed by atoms with E-state index in [0.717, 1.165) is 33.7 Å². The molecule has 2 aromatic heterocycles. The number of aromatic nitrogens is 3. The first-order chi connectivity index (χ1) is 14.1. The highest BCUT2D eigenvalue weighted by molar-refractivity contribution is 5.96. The lowest BCUT2D eigenvalue weighted by atomic mass is 9.77. The number of nitrogens with zero attached hydrogens (tertiary/aromatic N) is 3. The fourth-order valence-electron chi connectivity index (χ4n) is 4.00. The quantitative estimate of drug-likeness (QED) is 0.525. The molecule has 8 heteroatoms. The Morgan fingerprint density at radius 3 is 2.59 bits per heavy atom. The number of aryl methyl sites for hydroxylation is 1. The summed E-state index contributed by atoms with van der Waals surface area (Å²) in [5.74, 6) is 0.892. The van der Waals surface area contributed by atoms with Crippen LogP contribution in [0.25, 0.3) is 11.0 Å². The molecule has 6 N–H and O–H groups in total. The molecule has 29 heavy (non-hydrogen) atoms. The largest absolute Gasteiger partial charge is 0.356 e. The van der Waals surface area contributed by atoms with E-state index in [4.69, 9.17) is 11.5 Å². The van der Waals surface area contributed by atoms with Gasteiger partial charge in [-0.15, -0.1) is 0 Å². The van der Waals surface area contributed by atoms with Gasteiger partial charge in [-0.1, -0.05) is 12.1 Å². The van der Waals surface area contributed by atoms with Crippen molar-refractivity contribution in [2.45, 2.75) is 26.3 Å².